The van der Waals surface area contributed by atoms with Crippen molar-refractivity contribution in [2.24, 2.45) is 12.0 Å². The van der Waals surface area contributed by atoms with Crippen molar-refractivity contribution >= 4 is 11.8 Å². The maximum atomic E-state index is 12.2. The van der Waals surface area contributed by atoms with Crippen LogP contribution in [0.25, 0.3) is 0 Å². The highest BCUT2D eigenvalue weighted by atomic mass is 16.3. The minimum Gasteiger partial charge on any atom is -0.388 e. The number of anilines is 1. The number of nitrogens with one attached hydrogen (secondary N) is 1. The molecule has 1 aromatic heterocycles. The molecule has 8 nitrogen and oxygen atoms in total. The number of rotatable bonds is 3. The van der Waals surface area contributed by atoms with Gasteiger partial charge in [-0.2, -0.15) is 0 Å². The molecule has 2 aliphatic rings. The number of aliphatic imine (C=N–C) groups is 1. The number of guanidine groups is 1. The fourth-order valence-corrected chi connectivity index (χ4v) is 3.79. The van der Waals surface area contributed by atoms with Gasteiger partial charge in [0.25, 0.3) is 5.56 Å². The summed E-state index contributed by atoms with van der Waals surface area (Å²) < 4.78 is 1.56. The van der Waals surface area contributed by atoms with Gasteiger partial charge in [0.05, 0.1) is 5.60 Å². The van der Waals surface area contributed by atoms with E-state index in [0.717, 1.165) is 57.8 Å². The molecule has 8 heteroatoms. The zero-order chi connectivity index (χ0) is 18.6. The molecule has 0 bridgehead atoms. The van der Waals surface area contributed by atoms with Crippen LogP contribution in [0.3, 0.4) is 0 Å². The summed E-state index contributed by atoms with van der Waals surface area (Å²) in [7, 11) is 3.51. The van der Waals surface area contributed by atoms with Crippen molar-refractivity contribution in [1.82, 2.24) is 19.8 Å². The van der Waals surface area contributed by atoms with E-state index in [1.165, 1.54) is 6.42 Å². The first-order valence-corrected chi connectivity index (χ1v) is 9.47. The maximum Gasteiger partial charge on any atom is 0.293 e. The van der Waals surface area contributed by atoms with Gasteiger partial charge < -0.3 is 24.8 Å². The number of hydrogen-bond acceptors (Lipinski definition) is 5. The summed E-state index contributed by atoms with van der Waals surface area (Å²) in [5.74, 6) is 1.33. The minimum atomic E-state index is -0.615. The van der Waals surface area contributed by atoms with Gasteiger partial charge in [0.1, 0.15) is 0 Å². The Balaban J connectivity index is 1.56. The van der Waals surface area contributed by atoms with Crippen LogP contribution in [0.2, 0.25) is 0 Å². The summed E-state index contributed by atoms with van der Waals surface area (Å²) in [6.07, 6.45) is 8.44. The van der Waals surface area contributed by atoms with Crippen molar-refractivity contribution < 1.29 is 5.11 Å². The predicted molar refractivity (Wildman–Crippen MR) is 103 cm³/mol. The SMILES string of the molecule is CN=C(NCC1(O)CCCCC1)N1CCN(c2nccn(C)c2=O)CC1. The molecule has 1 aromatic rings. The number of aromatic nitrogens is 2. The Morgan fingerprint density at radius 1 is 1.27 bits per heavy atom. The number of nitrogens with zero attached hydrogens (tertiary/aromatic N) is 5. The Morgan fingerprint density at radius 3 is 2.62 bits per heavy atom. The number of aryl methyl sites for hydroxylation is 1. The molecule has 2 N–H and O–H groups in total. The number of hydrogen-bond donors (Lipinski definition) is 2. The molecule has 0 spiro atoms. The highest BCUT2D eigenvalue weighted by molar-refractivity contribution is 5.80. The largest absolute Gasteiger partial charge is 0.388 e. The predicted octanol–water partition coefficient (Wildman–Crippen LogP) is 0.173. The smallest absolute Gasteiger partial charge is 0.293 e. The summed E-state index contributed by atoms with van der Waals surface area (Å²) in [5, 5.41) is 14.0. The second-order valence-corrected chi connectivity index (χ2v) is 7.33. The van der Waals surface area contributed by atoms with Crippen LogP contribution >= 0.6 is 0 Å². The molecule has 2 fully saturated rings. The average molecular weight is 362 g/mol. The van der Waals surface area contributed by atoms with Crippen molar-refractivity contribution in [3.8, 4) is 0 Å². The number of piperazine rings is 1. The zero-order valence-electron chi connectivity index (χ0n) is 15.8. The normalized spacial score (nSPS) is 21.0. The molecular formula is C18H30N6O2. The van der Waals surface area contributed by atoms with Gasteiger partial charge in [-0.1, -0.05) is 19.3 Å². The van der Waals surface area contributed by atoms with E-state index in [2.05, 4.69) is 20.2 Å². The molecule has 0 atom stereocenters. The Morgan fingerprint density at radius 2 is 1.96 bits per heavy atom. The molecular weight excluding hydrogens is 332 g/mol. The van der Waals surface area contributed by atoms with Gasteiger partial charge in [-0.25, -0.2) is 4.98 Å². The summed E-state index contributed by atoms with van der Waals surface area (Å²) in [6, 6.07) is 0. The monoisotopic (exact) mass is 362 g/mol. The van der Waals surface area contributed by atoms with E-state index in [9.17, 15) is 9.90 Å². The van der Waals surface area contributed by atoms with Crippen molar-refractivity contribution in [3.63, 3.8) is 0 Å². The lowest BCUT2D eigenvalue weighted by molar-refractivity contribution is 0.00810. The van der Waals surface area contributed by atoms with Gasteiger partial charge in [-0.15, -0.1) is 0 Å². The summed E-state index contributed by atoms with van der Waals surface area (Å²) in [6.45, 7) is 3.50. The van der Waals surface area contributed by atoms with E-state index >= 15 is 0 Å². The maximum absolute atomic E-state index is 12.2. The second-order valence-electron chi connectivity index (χ2n) is 7.33. The first-order valence-electron chi connectivity index (χ1n) is 9.47. The average Bonchev–Trinajstić information content (AvgIpc) is 2.66. The quantitative estimate of drug-likeness (QED) is 0.589. The van der Waals surface area contributed by atoms with Crippen LogP contribution in [0.15, 0.2) is 22.2 Å². The second kappa shape index (κ2) is 8.07. The first kappa shape index (κ1) is 18.7. The molecule has 2 heterocycles. The van der Waals surface area contributed by atoms with Gasteiger partial charge in [-0.3, -0.25) is 9.79 Å². The fraction of sp³-hybridized carbons (Fsp3) is 0.722. The highest BCUT2D eigenvalue weighted by Crippen LogP contribution is 2.27. The summed E-state index contributed by atoms with van der Waals surface area (Å²) >= 11 is 0. The molecule has 0 aromatic carbocycles. The third-order valence-electron chi connectivity index (χ3n) is 5.45. The standard InChI is InChI=1S/C18H30N6O2/c1-19-17(21-14-18(26)6-4-3-5-7-18)24-12-10-23(11-13-24)15-16(25)22(2)9-8-20-15/h8-9,26H,3-7,10-14H2,1-2H3,(H,19,21). The van der Waals surface area contributed by atoms with Crippen LogP contribution in [0.4, 0.5) is 5.82 Å². The van der Waals surface area contributed by atoms with Gasteiger partial charge in [0.15, 0.2) is 11.8 Å². The van der Waals surface area contributed by atoms with Crippen molar-refractivity contribution in [1.29, 1.82) is 0 Å². The van der Waals surface area contributed by atoms with Crippen LogP contribution < -0.4 is 15.8 Å². The first-order chi connectivity index (χ1) is 12.5. The molecule has 3 rings (SSSR count). The molecule has 1 saturated carbocycles. The summed E-state index contributed by atoms with van der Waals surface area (Å²) in [5.41, 5.74) is -0.682. The van der Waals surface area contributed by atoms with Crippen LogP contribution in [-0.2, 0) is 7.05 Å². The van der Waals surface area contributed by atoms with E-state index in [1.807, 2.05) is 4.90 Å². The van der Waals surface area contributed by atoms with E-state index in [-0.39, 0.29) is 5.56 Å². The van der Waals surface area contributed by atoms with Crippen molar-refractivity contribution in [2.75, 3.05) is 44.7 Å². The van der Waals surface area contributed by atoms with Crippen LogP contribution in [0.5, 0.6) is 0 Å². The van der Waals surface area contributed by atoms with Crippen LogP contribution in [-0.4, -0.2) is 70.9 Å². The van der Waals surface area contributed by atoms with Gasteiger partial charge in [0.2, 0.25) is 0 Å². The van der Waals surface area contributed by atoms with Crippen molar-refractivity contribution in [2.45, 2.75) is 37.7 Å². The van der Waals surface area contributed by atoms with E-state index in [1.54, 1.807) is 31.1 Å². The van der Waals surface area contributed by atoms with E-state index in [4.69, 9.17) is 0 Å². The lowest BCUT2D eigenvalue weighted by Gasteiger charge is -2.38. The zero-order valence-corrected chi connectivity index (χ0v) is 15.8. The fourth-order valence-electron chi connectivity index (χ4n) is 3.79. The minimum absolute atomic E-state index is 0.0667. The number of aliphatic hydroxyl groups is 1. The Labute approximate surface area is 154 Å². The molecule has 0 radical (unpaired) electrons. The van der Waals surface area contributed by atoms with Gasteiger partial charge in [0, 0.05) is 59.2 Å². The third kappa shape index (κ3) is 4.17. The lowest BCUT2D eigenvalue weighted by Crippen LogP contribution is -2.55. The van der Waals surface area contributed by atoms with E-state index < -0.39 is 5.60 Å². The van der Waals surface area contributed by atoms with E-state index in [0.29, 0.717) is 12.4 Å². The summed E-state index contributed by atoms with van der Waals surface area (Å²) in [4.78, 5) is 25.1. The molecule has 1 aliphatic heterocycles. The molecule has 0 unspecified atom stereocenters. The topological polar surface area (TPSA) is 86.0 Å². The Kier molecular flexibility index (Phi) is 5.80. The third-order valence-corrected chi connectivity index (χ3v) is 5.45. The molecule has 1 saturated heterocycles. The van der Waals surface area contributed by atoms with Crippen molar-refractivity contribution in [3.05, 3.63) is 22.7 Å². The molecule has 144 valence electrons. The van der Waals surface area contributed by atoms with Crippen LogP contribution in [0, 0.1) is 0 Å². The van der Waals surface area contributed by atoms with Gasteiger partial charge in [-0.05, 0) is 12.8 Å². The Hall–Kier alpha value is -2.09. The van der Waals surface area contributed by atoms with Crippen LogP contribution in [0.1, 0.15) is 32.1 Å². The molecule has 0 amide bonds. The lowest BCUT2D eigenvalue weighted by atomic mass is 9.85. The molecule has 26 heavy (non-hydrogen) atoms. The molecule has 1 aliphatic carbocycles. The Bertz CT molecular complexity index is 687. The highest BCUT2D eigenvalue weighted by Gasteiger charge is 2.30. The van der Waals surface area contributed by atoms with Gasteiger partial charge >= 0.3 is 0 Å².